The summed E-state index contributed by atoms with van der Waals surface area (Å²) in [7, 11) is 0. The van der Waals surface area contributed by atoms with Crippen LogP contribution < -0.4 is 5.32 Å². The van der Waals surface area contributed by atoms with Crippen molar-refractivity contribution in [3.8, 4) is 0 Å². The van der Waals surface area contributed by atoms with E-state index in [2.05, 4.69) is 71.2 Å². The van der Waals surface area contributed by atoms with Crippen LogP contribution in [0.15, 0.2) is 36.4 Å². The van der Waals surface area contributed by atoms with Crippen LogP contribution in [0.5, 0.6) is 0 Å². The number of fused-ring (bicyclic) bond motifs is 2. The second-order valence-corrected chi connectivity index (χ2v) is 5.46. The Bertz CT molecular complexity index is 561. The molecule has 0 bridgehead atoms. The molecule has 1 nitrogen and oxygen atoms in total. The molecule has 1 aliphatic heterocycles. The zero-order valence-electron chi connectivity index (χ0n) is 9.05. The fourth-order valence-electron chi connectivity index (χ4n) is 2.21. The Balaban J connectivity index is 2.13. The molecule has 0 amide bonds. The molecule has 1 aliphatic rings. The molecule has 0 aromatic heterocycles. The molecule has 1 N–H and O–H groups in total. The van der Waals surface area contributed by atoms with Gasteiger partial charge >= 0.3 is 0 Å². The Labute approximate surface area is 109 Å². The average molecular weight is 321 g/mol. The zero-order chi connectivity index (χ0) is 11.1. The first-order valence-corrected chi connectivity index (χ1v) is 6.46. The molecular weight excluding hydrogens is 309 g/mol. The smallest absolute Gasteiger partial charge is 0.0449 e. The molecule has 0 atom stereocenters. The highest BCUT2D eigenvalue weighted by Crippen LogP contribution is 2.35. The third-order valence-corrected chi connectivity index (χ3v) is 3.74. The first-order chi connectivity index (χ1) is 7.74. The van der Waals surface area contributed by atoms with Crippen molar-refractivity contribution in [2.24, 2.45) is 0 Å². The van der Waals surface area contributed by atoms with Crippen LogP contribution in [0, 0.1) is 10.5 Å². The van der Waals surface area contributed by atoms with E-state index in [0.29, 0.717) is 0 Å². The number of rotatable bonds is 0. The molecule has 2 aromatic rings. The number of para-hydroxylation sites is 1. The first-order valence-electron chi connectivity index (χ1n) is 5.38. The molecule has 1 heterocycles. The molecule has 3 rings (SSSR count). The van der Waals surface area contributed by atoms with Gasteiger partial charge in [-0.25, -0.2) is 0 Å². The molecular formula is C14H12IN. The van der Waals surface area contributed by atoms with Gasteiger partial charge in [0.1, 0.15) is 0 Å². The molecule has 80 valence electrons. The topological polar surface area (TPSA) is 12.0 Å². The Morgan fingerprint density at radius 3 is 2.88 bits per heavy atom. The molecule has 0 aliphatic carbocycles. The second kappa shape index (κ2) is 3.77. The van der Waals surface area contributed by atoms with E-state index in [1.165, 1.54) is 31.6 Å². The number of anilines is 2. The standard InChI is InChI=1S/C14H12IN/c1-9-3-2-4-11-7-10-5-6-12(15)8-13(10)16-14(9)11/h2-6,8,16H,7H2,1H3. The summed E-state index contributed by atoms with van der Waals surface area (Å²) in [6.07, 6.45) is 1.04. The van der Waals surface area contributed by atoms with Crippen LogP contribution in [-0.2, 0) is 6.42 Å². The molecule has 2 aromatic carbocycles. The van der Waals surface area contributed by atoms with E-state index < -0.39 is 0 Å². The highest BCUT2D eigenvalue weighted by molar-refractivity contribution is 14.1. The molecule has 16 heavy (non-hydrogen) atoms. The van der Waals surface area contributed by atoms with Crippen LogP contribution in [0.2, 0.25) is 0 Å². The van der Waals surface area contributed by atoms with Gasteiger partial charge in [-0.3, -0.25) is 0 Å². The van der Waals surface area contributed by atoms with Gasteiger partial charge in [-0.05, 0) is 58.3 Å². The van der Waals surface area contributed by atoms with Crippen LogP contribution in [0.4, 0.5) is 11.4 Å². The van der Waals surface area contributed by atoms with Gasteiger partial charge < -0.3 is 5.32 Å². The van der Waals surface area contributed by atoms with Gasteiger partial charge in [0.05, 0.1) is 0 Å². The lowest BCUT2D eigenvalue weighted by molar-refractivity contribution is 1.14. The van der Waals surface area contributed by atoms with E-state index in [1.54, 1.807) is 0 Å². The van der Waals surface area contributed by atoms with Crippen molar-refractivity contribution in [3.05, 3.63) is 56.7 Å². The fourth-order valence-corrected chi connectivity index (χ4v) is 2.70. The summed E-state index contributed by atoms with van der Waals surface area (Å²) < 4.78 is 1.28. The number of hydrogen-bond acceptors (Lipinski definition) is 1. The number of hydrogen-bond donors (Lipinski definition) is 1. The summed E-state index contributed by atoms with van der Waals surface area (Å²) in [4.78, 5) is 0. The fraction of sp³-hybridized carbons (Fsp3) is 0.143. The van der Waals surface area contributed by atoms with E-state index in [-0.39, 0.29) is 0 Å². The predicted octanol–water partition coefficient (Wildman–Crippen LogP) is 4.25. The number of nitrogens with one attached hydrogen (secondary N) is 1. The highest BCUT2D eigenvalue weighted by atomic mass is 127. The van der Waals surface area contributed by atoms with Crippen molar-refractivity contribution in [3.63, 3.8) is 0 Å². The predicted molar refractivity (Wildman–Crippen MR) is 76.4 cm³/mol. The molecule has 2 heteroatoms. The Hall–Kier alpha value is -1.03. The lowest BCUT2D eigenvalue weighted by Gasteiger charge is -2.23. The lowest BCUT2D eigenvalue weighted by atomic mass is 9.95. The van der Waals surface area contributed by atoms with Crippen molar-refractivity contribution in [1.82, 2.24) is 0 Å². The maximum absolute atomic E-state index is 3.54. The van der Waals surface area contributed by atoms with Gasteiger partial charge in [0, 0.05) is 21.4 Å². The maximum Gasteiger partial charge on any atom is 0.0449 e. The van der Waals surface area contributed by atoms with Gasteiger partial charge in [-0.2, -0.15) is 0 Å². The van der Waals surface area contributed by atoms with Crippen LogP contribution in [0.1, 0.15) is 16.7 Å². The van der Waals surface area contributed by atoms with Crippen molar-refractivity contribution >= 4 is 34.0 Å². The molecule has 0 saturated heterocycles. The van der Waals surface area contributed by atoms with E-state index in [1.807, 2.05) is 0 Å². The van der Waals surface area contributed by atoms with Crippen molar-refractivity contribution in [2.75, 3.05) is 5.32 Å². The van der Waals surface area contributed by atoms with E-state index in [9.17, 15) is 0 Å². The summed E-state index contributed by atoms with van der Waals surface area (Å²) in [5.74, 6) is 0. The van der Waals surface area contributed by atoms with Gasteiger partial charge in [-0.15, -0.1) is 0 Å². The van der Waals surface area contributed by atoms with Crippen molar-refractivity contribution in [2.45, 2.75) is 13.3 Å². The minimum absolute atomic E-state index is 1.04. The second-order valence-electron chi connectivity index (χ2n) is 4.21. The van der Waals surface area contributed by atoms with Crippen LogP contribution in [0.25, 0.3) is 0 Å². The van der Waals surface area contributed by atoms with Gasteiger partial charge in [-0.1, -0.05) is 24.3 Å². The molecule has 0 unspecified atom stereocenters. The SMILES string of the molecule is Cc1cccc2c1Nc1cc(I)ccc1C2. The monoisotopic (exact) mass is 321 g/mol. The van der Waals surface area contributed by atoms with Gasteiger partial charge in [0.15, 0.2) is 0 Å². The number of benzene rings is 2. The quantitative estimate of drug-likeness (QED) is 0.611. The van der Waals surface area contributed by atoms with Crippen molar-refractivity contribution in [1.29, 1.82) is 0 Å². The summed E-state index contributed by atoms with van der Waals surface area (Å²) >= 11 is 2.35. The van der Waals surface area contributed by atoms with Crippen LogP contribution >= 0.6 is 22.6 Å². The average Bonchev–Trinajstić information content (AvgIpc) is 2.28. The largest absolute Gasteiger partial charge is 0.355 e. The Kier molecular flexibility index (Phi) is 2.39. The minimum Gasteiger partial charge on any atom is -0.355 e. The van der Waals surface area contributed by atoms with Crippen molar-refractivity contribution < 1.29 is 0 Å². The van der Waals surface area contributed by atoms with Gasteiger partial charge in [0.2, 0.25) is 0 Å². The number of aryl methyl sites for hydroxylation is 1. The van der Waals surface area contributed by atoms with Crippen LogP contribution in [0.3, 0.4) is 0 Å². The summed E-state index contributed by atoms with van der Waals surface area (Å²) in [5.41, 5.74) is 6.65. The third-order valence-electron chi connectivity index (χ3n) is 3.07. The Morgan fingerprint density at radius 2 is 2.00 bits per heavy atom. The molecule has 0 fully saturated rings. The maximum atomic E-state index is 3.54. The lowest BCUT2D eigenvalue weighted by Crippen LogP contribution is -2.08. The van der Waals surface area contributed by atoms with E-state index in [4.69, 9.17) is 0 Å². The minimum atomic E-state index is 1.04. The zero-order valence-corrected chi connectivity index (χ0v) is 11.2. The molecule has 0 spiro atoms. The summed E-state index contributed by atoms with van der Waals surface area (Å²) in [5, 5.41) is 3.54. The number of halogens is 1. The van der Waals surface area contributed by atoms with E-state index in [0.717, 1.165) is 6.42 Å². The van der Waals surface area contributed by atoms with E-state index >= 15 is 0 Å². The molecule has 0 radical (unpaired) electrons. The summed E-state index contributed by atoms with van der Waals surface area (Å²) in [6, 6.07) is 13.1. The normalized spacial score (nSPS) is 12.6. The van der Waals surface area contributed by atoms with Gasteiger partial charge in [0.25, 0.3) is 0 Å². The highest BCUT2D eigenvalue weighted by Gasteiger charge is 2.15. The third kappa shape index (κ3) is 1.61. The Morgan fingerprint density at radius 1 is 1.12 bits per heavy atom. The molecule has 0 saturated carbocycles. The summed E-state index contributed by atoms with van der Waals surface area (Å²) in [6.45, 7) is 2.16. The first kappa shape index (κ1) is 10.1. The van der Waals surface area contributed by atoms with Crippen LogP contribution in [-0.4, -0.2) is 0 Å².